The summed E-state index contributed by atoms with van der Waals surface area (Å²) in [5, 5.41) is 3.22. The van der Waals surface area contributed by atoms with E-state index in [1.165, 1.54) is 28.6 Å². The third kappa shape index (κ3) is 5.69. The van der Waals surface area contributed by atoms with Gasteiger partial charge in [-0.3, -0.25) is 4.79 Å². The van der Waals surface area contributed by atoms with E-state index in [4.69, 9.17) is 11.6 Å². The molecule has 0 saturated carbocycles. The molecule has 0 bridgehead atoms. The Morgan fingerprint density at radius 1 is 0.900 bits per heavy atom. The van der Waals surface area contributed by atoms with Crippen LogP contribution < -0.4 is 5.32 Å². The molecule has 0 aromatic heterocycles. The fourth-order valence-electron chi connectivity index (χ4n) is 2.95. The minimum Gasteiger partial charge on any atom is -0.325 e. The topological polar surface area (TPSA) is 66.5 Å². The third-order valence-electron chi connectivity index (χ3n) is 4.62. The summed E-state index contributed by atoms with van der Waals surface area (Å²) in [5.74, 6) is -0.410. The highest BCUT2D eigenvalue weighted by molar-refractivity contribution is 7.89. The van der Waals surface area contributed by atoms with Gasteiger partial charge in [-0.25, -0.2) is 8.42 Å². The lowest BCUT2D eigenvalue weighted by Gasteiger charge is -2.22. The lowest BCUT2D eigenvalue weighted by Crippen LogP contribution is -2.37. The summed E-state index contributed by atoms with van der Waals surface area (Å²) in [6.07, 6.45) is 0.901. The van der Waals surface area contributed by atoms with Gasteiger partial charge in [0.25, 0.3) is 0 Å². The van der Waals surface area contributed by atoms with Crippen molar-refractivity contribution in [2.24, 2.45) is 0 Å². The maximum Gasteiger partial charge on any atom is 0.243 e. The summed E-state index contributed by atoms with van der Waals surface area (Å²) in [7, 11) is -3.90. The molecule has 0 spiro atoms. The minimum atomic E-state index is -3.90. The van der Waals surface area contributed by atoms with Gasteiger partial charge in [0.15, 0.2) is 0 Å². The number of halogens is 1. The van der Waals surface area contributed by atoms with Gasteiger partial charge in [0.05, 0.1) is 11.4 Å². The second kappa shape index (κ2) is 9.89. The number of carbonyl (C=O) groups is 1. The number of hydrogen-bond acceptors (Lipinski definition) is 3. The monoisotopic (exact) mass is 442 g/mol. The molecule has 3 aromatic rings. The molecule has 30 heavy (non-hydrogen) atoms. The summed E-state index contributed by atoms with van der Waals surface area (Å²) in [4.78, 5) is 12.7. The van der Waals surface area contributed by atoms with Crippen molar-refractivity contribution in [2.45, 2.75) is 24.8 Å². The molecule has 3 rings (SSSR count). The normalized spacial score (nSPS) is 11.4. The molecule has 5 nitrogen and oxygen atoms in total. The molecule has 0 heterocycles. The molecular weight excluding hydrogens is 420 g/mol. The van der Waals surface area contributed by atoms with Gasteiger partial charge in [0.1, 0.15) is 0 Å². The molecule has 0 saturated heterocycles. The first-order valence-corrected chi connectivity index (χ1v) is 11.4. The van der Waals surface area contributed by atoms with Gasteiger partial charge in [0, 0.05) is 17.3 Å². The molecule has 1 N–H and O–H groups in total. The standard InChI is InChI=1S/C23H23ClN2O3S/c1-2-18-8-12-21(13-9-18)25-23(27)17-26(16-19-6-4-3-5-7-19)30(28,29)22-14-10-20(24)11-15-22/h3-15H,2,16-17H2,1H3,(H,25,27). The summed E-state index contributed by atoms with van der Waals surface area (Å²) in [5.41, 5.74) is 2.57. The Morgan fingerprint density at radius 3 is 2.13 bits per heavy atom. The van der Waals surface area contributed by atoms with Gasteiger partial charge in [-0.1, -0.05) is 61.0 Å². The molecule has 7 heteroatoms. The van der Waals surface area contributed by atoms with Crippen LogP contribution in [0, 0.1) is 0 Å². The zero-order valence-electron chi connectivity index (χ0n) is 16.6. The Kier molecular flexibility index (Phi) is 7.26. The van der Waals surface area contributed by atoms with Crippen molar-refractivity contribution in [3.05, 3.63) is 95.0 Å². The maximum atomic E-state index is 13.2. The highest BCUT2D eigenvalue weighted by Gasteiger charge is 2.27. The van der Waals surface area contributed by atoms with Crippen LogP contribution >= 0.6 is 11.6 Å². The van der Waals surface area contributed by atoms with Crippen LogP contribution in [0.5, 0.6) is 0 Å². The number of nitrogens with one attached hydrogen (secondary N) is 1. The van der Waals surface area contributed by atoms with Crippen molar-refractivity contribution < 1.29 is 13.2 Å². The number of benzene rings is 3. The van der Waals surface area contributed by atoms with Crippen LogP contribution in [0.25, 0.3) is 0 Å². The minimum absolute atomic E-state index is 0.0774. The molecule has 156 valence electrons. The predicted molar refractivity (Wildman–Crippen MR) is 120 cm³/mol. The van der Waals surface area contributed by atoms with E-state index in [1.54, 1.807) is 0 Å². The van der Waals surface area contributed by atoms with Crippen molar-refractivity contribution in [3.8, 4) is 0 Å². The predicted octanol–water partition coefficient (Wildman–Crippen LogP) is 4.73. The average molecular weight is 443 g/mol. The van der Waals surface area contributed by atoms with E-state index < -0.39 is 15.9 Å². The van der Waals surface area contributed by atoms with E-state index in [-0.39, 0.29) is 18.0 Å². The second-order valence-corrected chi connectivity index (χ2v) is 9.19. The molecule has 0 fully saturated rings. The van der Waals surface area contributed by atoms with Crippen molar-refractivity contribution in [2.75, 3.05) is 11.9 Å². The summed E-state index contributed by atoms with van der Waals surface area (Å²) in [6.45, 7) is 1.82. The molecule has 1 amide bonds. The Morgan fingerprint density at radius 2 is 1.53 bits per heavy atom. The van der Waals surface area contributed by atoms with Crippen molar-refractivity contribution in [3.63, 3.8) is 0 Å². The molecular formula is C23H23ClN2O3S. The molecule has 0 aliphatic carbocycles. The Hall–Kier alpha value is -2.67. The van der Waals surface area contributed by atoms with Crippen LogP contribution in [0.1, 0.15) is 18.1 Å². The van der Waals surface area contributed by atoms with Crippen LogP contribution in [0.3, 0.4) is 0 Å². The van der Waals surface area contributed by atoms with Crippen LogP contribution in [-0.4, -0.2) is 25.2 Å². The van der Waals surface area contributed by atoms with E-state index in [1.807, 2.05) is 54.6 Å². The SMILES string of the molecule is CCc1ccc(NC(=O)CN(Cc2ccccc2)S(=O)(=O)c2ccc(Cl)cc2)cc1. The van der Waals surface area contributed by atoms with Crippen LogP contribution in [0.15, 0.2) is 83.8 Å². The molecule has 0 atom stereocenters. The lowest BCUT2D eigenvalue weighted by molar-refractivity contribution is -0.116. The average Bonchev–Trinajstić information content (AvgIpc) is 2.75. The second-order valence-electron chi connectivity index (χ2n) is 6.81. The van der Waals surface area contributed by atoms with Crippen molar-refractivity contribution >= 4 is 33.2 Å². The van der Waals surface area contributed by atoms with Crippen LogP contribution in [-0.2, 0) is 27.8 Å². The Bertz CT molecular complexity index is 1080. The number of sulfonamides is 1. The number of aryl methyl sites for hydroxylation is 1. The first-order chi connectivity index (χ1) is 14.4. The van der Waals surface area contributed by atoms with Gasteiger partial charge in [-0.15, -0.1) is 0 Å². The lowest BCUT2D eigenvalue weighted by atomic mass is 10.1. The van der Waals surface area contributed by atoms with Gasteiger partial charge < -0.3 is 5.32 Å². The quantitative estimate of drug-likeness (QED) is 0.548. The Labute approximate surface area is 182 Å². The molecule has 0 unspecified atom stereocenters. The number of amides is 1. The summed E-state index contributed by atoms with van der Waals surface area (Å²) < 4.78 is 27.6. The van der Waals surface area contributed by atoms with Crippen LogP contribution in [0.4, 0.5) is 5.69 Å². The smallest absolute Gasteiger partial charge is 0.243 e. The first-order valence-electron chi connectivity index (χ1n) is 9.57. The van der Waals surface area contributed by atoms with Crippen molar-refractivity contribution in [1.82, 2.24) is 4.31 Å². The highest BCUT2D eigenvalue weighted by Crippen LogP contribution is 2.21. The molecule has 0 aliphatic rings. The van der Waals surface area contributed by atoms with E-state index >= 15 is 0 Å². The van der Waals surface area contributed by atoms with Crippen LogP contribution in [0.2, 0.25) is 5.02 Å². The number of hydrogen-bond donors (Lipinski definition) is 1. The number of nitrogens with zero attached hydrogens (tertiary/aromatic N) is 1. The van der Waals surface area contributed by atoms with Crippen molar-refractivity contribution in [1.29, 1.82) is 0 Å². The van der Waals surface area contributed by atoms with E-state index in [9.17, 15) is 13.2 Å². The van der Waals surface area contributed by atoms with E-state index in [0.29, 0.717) is 10.7 Å². The summed E-state index contributed by atoms with van der Waals surface area (Å²) >= 11 is 5.89. The fourth-order valence-corrected chi connectivity index (χ4v) is 4.46. The zero-order valence-corrected chi connectivity index (χ0v) is 18.2. The number of anilines is 1. The van der Waals surface area contributed by atoms with Gasteiger partial charge >= 0.3 is 0 Å². The van der Waals surface area contributed by atoms with Gasteiger partial charge in [-0.05, 0) is 53.9 Å². The van der Waals surface area contributed by atoms with E-state index in [0.717, 1.165) is 17.5 Å². The summed E-state index contributed by atoms with van der Waals surface area (Å²) in [6, 6.07) is 22.6. The van der Waals surface area contributed by atoms with E-state index in [2.05, 4.69) is 12.2 Å². The molecule has 3 aromatic carbocycles. The molecule has 0 aliphatic heterocycles. The number of rotatable bonds is 8. The number of carbonyl (C=O) groups excluding carboxylic acids is 1. The fraction of sp³-hybridized carbons (Fsp3) is 0.174. The third-order valence-corrected chi connectivity index (χ3v) is 6.68. The van der Waals surface area contributed by atoms with Gasteiger partial charge in [0.2, 0.25) is 15.9 Å². The Balaban J connectivity index is 1.83. The maximum absolute atomic E-state index is 13.2. The largest absolute Gasteiger partial charge is 0.325 e. The molecule has 0 radical (unpaired) electrons. The van der Waals surface area contributed by atoms with Gasteiger partial charge in [-0.2, -0.15) is 4.31 Å². The first kappa shape index (κ1) is 22.0. The zero-order chi connectivity index (χ0) is 21.6. The highest BCUT2D eigenvalue weighted by atomic mass is 35.5.